The van der Waals surface area contributed by atoms with Crippen LogP contribution in [0.1, 0.15) is 48.7 Å². The molecule has 1 atom stereocenters. The van der Waals surface area contributed by atoms with Crippen LogP contribution in [-0.4, -0.2) is 33.3 Å². The zero-order valence-electron chi connectivity index (χ0n) is 16.7. The van der Waals surface area contributed by atoms with Crippen molar-refractivity contribution in [3.05, 3.63) is 71.2 Å². The Morgan fingerprint density at radius 1 is 1.14 bits per heavy atom. The van der Waals surface area contributed by atoms with Gasteiger partial charge < -0.3 is 9.30 Å². The minimum Gasteiger partial charge on any atom is -0.343 e. The van der Waals surface area contributed by atoms with Gasteiger partial charge in [0.05, 0.1) is 11.3 Å². The number of carbonyl (C=O) groups excluding carboxylic acids is 1. The molecule has 4 nitrogen and oxygen atoms in total. The zero-order chi connectivity index (χ0) is 21.2. The second-order valence-corrected chi connectivity index (χ2v) is 6.99. The SMILES string of the molecule is CCN(CC)C(=O)CC(c1cccc(C(F)(F)F)c1)c1cnc2cccc(C)n12. The zero-order valence-corrected chi connectivity index (χ0v) is 16.7. The number of fused-ring (bicyclic) bond motifs is 1. The van der Waals surface area contributed by atoms with Gasteiger partial charge in [0.25, 0.3) is 0 Å². The van der Waals surface area contributed by atoms with Gasteiger partial charge in [-0.1, -0.05) is 24.3 Å². The molecule has 0 radical (unpaired) electrons. The van der Waals surface area contributed by atoms with Crippen LogP contribution in [0.2, 0.25) is 0 Å². The highest BCUT2D eigenvalue weighted by molar-refractivity contribution is 5.77. The molecule has 0 saturated carbocycles. The van der Waals surface area contributed by atoms with Gasteiger partial charge >= 0.3 is 6.18 Å². The van der Waals surface area contributed by atoms with Crippen molar-refractivity contribution < 1.29 is 18.0 Å². The van der Waals surface area contributed by atoms with Crippen molar-refractivity contribution in [2.75, 3.05) is 13.1 Å². The Morgan fingerprint density at radius 2 is 1.83 bits per heavy atom. The number of imidazole rings is 1. The van der Waals surface area contributed by atoms with Crippen molar-refractivity contribution >= 4 is 11.6 Å². The second-order valence-electron chi connectivity index (χ2n) is 6.99. The first-order chi connectivity index (χ1) is 13.8. The van der Waals surface area contributed by atoms with Crippen LogP contribution in [0.5, 0.6) is 0 Å². The monoisotopic (exact) mass is 403 g/mol. The van der Waals surface area contributed by atoms with Crippen LogP contribution in [0.15, 0.2) is 48.7 Å². The van der Waals surface area contributed by atoms with Crippen molar-refractivity contribution in [3.8, 4) is 0 Å². The van der Waals surface area contributed by atoms with E-state index in [1.54, 1.807) is 17.2 Å². The molecule has 0 aliphatic rings. The Kier molecular flexibility index (Phi) is 5.96. The van der Waals surface area contributed by atoms with Crippen LogP contribution >= 0.6 is 0 Å². The largest absolute Gasteiger partial charge is 0.416 e. The third-order valence-corrected chi connectivity index (χ3v) is 5.22. The maximum atomic E-state index is 13.3. The van der Waals surface area contributed by atoms with E-state index < -0.39 is 17.7 Å². The number of alkyl halides is 3. The molecule has 2 aromatic heterocycles. The van der Waals surface area contributed by atoms with Crippen molar-refractivity contribution in [2.24, 2.45) is 0 Å². The summed E-state index contributed by atoms with van der Waals surface area (Å²) in [5.41, 5.74) is 2.04. The Balaban J connectivity index is 2.13. The van der Waals surface area contributed by atoms with E-state index >= 15 is 0 Å². The normalized spacial score (nSPS) is 12.9. The number of aromatic nitrogens is 2. The average Bonchev–Trinajstić information content (AvgIpc) is 3.12. The molecule has 154 valence electrons. The maximum absolute atomic E-state index is 13.3. The summed E-state index contributed by atoms with van der Waals surface area (Å²) in [7, 11) is 0. The van der Waals surface area contributed by atoms with Crippen LogP contribution < -0.4 is 0 Å². The van der Waals surface area contributed by atoms with E-state index in [0.29, 0.717) is 30.0 Å². The molecule has 0 spiro atoms. The van der Waals surface area contributed by atoms with E-state index in [0.717, 1.165) is 17.8 Å². The quantitative estimate of drug-likeness (QED) is 0.578. The first-order valence-corrected chi connectivity index (χ1v) is 9.64. The van der Waals surface area contributed by atoms with Crippen LogP contribution in [0.4, 0.5) is 13.2 Å². The van der Waals surface area contributed by atoms with Gasteiger partial charge in [0.2, 0.25) is 5.91 Å². The number of carbonyl (C=O) groups is 1. The fourth-order valence-corrected chi connectivity index (χ4v) is 3.68. The van der Waals surface area contributed by atoms with Gasteiger partial charge in [0, 0.05) is 37.3 Å². The van der Waals surface area contributed by atoms with Crippen LogP contribution in [0.3, 0.4) is 0 Å². The molecule has 0 fully saturated rings. The molecule has 0 N–H and O–H groups in total. The molecule has 0 saturated heterocycles. The van der Waals surface area contributed by atoms with Crippen LogP contribution in [0, 0.1) is 6.92 Å². The van der Waals surface area contributed by atoms with E-state index in [1.165, 1.54) is 6.07 Å². The minimum atomic E-state index is -4.45. The molecular weight excluding hydrogens is 379 g/mol. The molecule has 0 aliphatic carbocycles. The number of hydrogen-bond acceptors (Lipinski definition) is 2. The summed E-state index contributed by atoms with van der Waals surface area (Å²) in [4.78, 5) is 19.0. The topological polar surface area (TPSA) is 37.6 Å². The highest BCUT2D eigenvalue weighted by Gasteiger charge is 2.32. The fourth-order valence-electron chi connectivity index (χ4n) is 3.68. The summed E-state index contributed by atoms with van der Waals surface area (Å²) in [5, 5.41) is 0. The van der Waals surface area contributed by atoms with E-state index in [-0.39, 0.29) is 12.3 Å². The summed E-state index contributed by atoms with van der Waals surface area (Å²) < 4.78 is 41.8. The summed E-state index contributed by atoms with van der Waals surface area (Å²) >= 11 is 0. The lowest BCUT2D eigenvalue weighted by Gasteiger charge is -2.24. The highest BCUT2D eigenvalue weighted by atomic mass is 19.4. The van der Waals surface area contributed by atoms with Crippen LogP contribution in [-0.2, 0) is 11.0 Å². The summed E-state index contributed by atoms with van der Waals surface area (Å²) in [5.74, 6) is -0.637. The summed E-state index contributed by atoms with van der Waals surface area (Å²) in [6.45, 7) is 6.79. The van der Waals surface area contributed by atoms with Gasteiger partial charge in [0.15, 0.2) is 0 Å². The minimum absolute atomic E-state index is 0.0745. The van der Waals surface area contributed by atoms with Crippen molar-refractivity contribution in [3.63, 3.8) is 0 Å². The lowest BCUT2D eigenvalue weighted by Crippen LogP contribution is -2.32. The van der Waals surface area contributed by atoms with E-state index in [1.807, 2.05) is 43.4 Å². The first kappa shape index (κ1) is 20.9. The molecule has 0 bridgehead atoms. The van der Waals surface area contributed by atoms with E-state index in [2.05, 4.69) is 4.98 Å². The smallest absolute Gasteiger partial charge is 0.343 e. The molecule has 1 aromatic carbocycles. The third-order valence-electron chi connectivity index (χ3n) is 5.22. The molecular formula is C22H24F3N3O. The highest BCUT2D eigenvalue weighted by Crippen LogP contribution is 2.35. The van der Waals surface area contributed by atoms with Gasteiger partial charge in [-0.25, -0.2) is 4.98 Å². The number of amides is 1. The molecule has 1 unspecified atom stereocenters. The number of halogens is 3. The Hall–Kier alpha value is -2.83. The predicted octanol–water partition coefficient (Wildman–Crippen LogP) is 5.05. The van der Waals surface area contributed by atoms with Gasteiger partial charge in [-0.2, -0.15) is 13.2 Å². The van der Waals surface area contributed by atoms with Gasteiger partial charge in [-0.05, 0) is 44.5 Å². The number of aryl methyl sites for hydroxylation is 1. The standard InChI is InChI=1S/C22H24F3N3O/c1-4-27(5-2)21(29)13-18(16-9-7-10-17(12-16)22(23,24)25)19-14-26-20-11-6-8-15(3)28(19)20/h6-12,14,18H,4-5,13H2,1-3H3. The van der Waals surface area contributed by atoms with Gasteiger partial charge in [-0.15, -0.1) is 0 Å². The molecule has 0 aliphatic heterocycles. The van der Waals surface area contributed by atoms with Crippen molar-refractivity contribution in [1.29, 1.82) is 0 Å². The van der Waals surface area contributed by atoms with E-state index in [9.17, 15) is 18.0 Å². The Bertz CT molecular complexity index is 1010. The summed E-state index contributed by atoms with van der Waals surface area (Å²) in [6, 6.07) is 10.8. The molecule has 29 heavy (non-hydrogen) atoms. The fraction of sp³-hybridized carbons (Fsp3) is 0.364. The molecule has 3 aromatic rings. The van der Waals surface area contributed by atoms with Gasteiger partial charge in [-0.3, -0.25) is 4.79 Å². The molecule has 2 heterocycles. The number of hydrogen-bond donors (Lipinski definition) is 0. The molecule has 7 heteroatoms. The van der Waals surface area contributed by atoms with Crippen LogP contribution in [0.25, 0.3) is 5.65 Å². The number of pyridine rings is 1. The molecule has 3 rings (SSSR count). The Morgan fingerprint density at radius 3 is 2.48 bits per heavy atom. The first-order valence-electron chi connectivity index (χ1n) is 9.64. The maximum Gasteiger partial charge on any atom is 0.416 e. The van der Waals surface area contributed by atoms with Gasteiger partial charge in [0.1, 0.15) is 5.65 Å². The number of rotatable bonds is 6. The Labute approximate surface area is 168 Å². The third kappa shape index (κ3) is 4.28. The lowest BCUT2D eigenvalue weighted by atomic mass is 9.90. The lowest BCUT2D eigenvalue weighted by molar-refractivity contribution is -0.137. The number of benzene rings is 1. The van der Waals surface area contributed by atoms with Crippen molar-refractivity contribution in [1.82, 2.24) is 14.3 Å². The average molecular weight is 403 g/mol. The van der Waals surface area contributed by atoms with E-state index in [4.69, 9.17) is 0 Å². The summed E-state index contributed by atoms with van der Waals surface area (Å²) in [6.07, 6.45) is -2.72. The predicted molar refractivity (Wildman–Crippen MR) is 106 cm³/mol. The second kappa shape index (κ2) is 8.27. The molecule has 1 amide bonds. The number of nitrogens with zero attached hydrogens (tertiary/aromatic N) is 3. The van der Waals surface area contributed by atoms with Crippen molar-refractivity contribution in [2.45, 2.75) is 39.3 Å².